The van der Waals surface area contributed by atoms with Gasteiger partial charge in [0.2, 0.25) is 0 Å². The summed E-state index contributed by atoms with van der Waals surface area (Å²) in [6, 6.07) is 7.28. The highest BCUT2D eigenvalue weighted by molar-refractivity contribution is 6.07. The van der Waals surface area contributed by atoms with Crippen LogP contribution in [0.25, 0.3) is 0 Å². The van der Waals surface area contributed by atoms with Crippen LogP contribution < -0.4 is 20.8 Å². The van der Waals surface area contributed by atoms with Gasteiger partial charge in [0.1, 0.15) is 18.5 Å². The van der Waals surface area contributed by atoms with Crippen molar-refractivity contribution in [1.29, 1.82) is 0 Å². The van der Waals surface area contributed by atoms with Gasteiger partial charge in [-0.25, -0.2) is 10.2 Å². The first-order chi connectivity index (χ1) is 11.0. The van der Waals surface area contributed by atoms with Crippen LogP contribution in [0.2, 0.25) is 0 Å². The number of carbonyl (C=O) groups is 1. The summed E-state index contributed by atoms with van der Waals surface area (Å²) >= 11 is 0. The number of aliphatic hydroxyl groups excluding tert-OH is 1. The fourth-order valence-corrected chi connectivity index (χ4v) is 2.16. The number of aliphatic hydroxyl groups is 1. The molecule has 24 heavy (non-hydrogen) atoms. The number of hydrogen-bond acceptors (Lipinski definition) is 5. The molecule has 7 nitrogen and oxygen atoms in total. The second kappa shape index (κ2) is 9.46. The topological polar surface area (TPSA) is 95.0 Å². The number of benzene rings is 1. The van der Waals surface area contributed by atoms with E-state index in [-0.39, 0.29) is 31.1 Å². The molecule has 134 valence electrons. The Kier molecular flexibility index (Phi) is 7.97. The minimum absolute atomic E-state index is 0. The van der Waals surface area contributed by atoms with E-state index >= 15 is 0 Å². The number of ether oxygens (including phenoxy) is 1. The summed E-state index contributed by atoms with van der Waals surface area (Å²) in [7, 11) is 0. The lowest BCUT2D eigenvalue weighted by molar-refractivity contribution is 0.104. The van der Waals surface area contributed by atoms with Crippen LogP contribution >= 0.6 is 12.4 Å². The molecule has 1 aliphatic rings. The third kappa shape index (κ3) is 5.99. The molecule has 0 radical (unpaired) electrons. The Labute approximate surface area is 148 Å². The van der Waals surface area contributed by atoms with Gasteiger partial charge >= 0.3 is 6.03 Å². The van der Waals surface area contributed by atoms with Crippen LogP contribution in [0.5, 0.6) is 5.75 Å². The van der Waals surface area contributed by atoms with E-state index in [1.54, 1.807) is 0 Å². The van der Waals surface area contributed by atoms with Crippen LogP contribution in [0.4, 0.5) is 4.79 Å². The number of rotatable bonds is 7. The molecule has 0 saturated heterocycles. The molecular weight excluding hydrogens is 332 g/mol. The monoisotopic (exact) mass is 356 g/mol. The standard InChI is InChI=1S/C16H24N4O3.ClH/c1-10(2)17-8-13(21)9-23-14-6-4-12(5-7-14)15-11(3)18-16(22)20-19-15;/h4-7,10-11,13,17,21H,8-9H2,1-3H3,(H2,18,20,22);1H. The lowest BCUT2D eigenvalue weighted by atomic mass is 10.0. The molecule has 1 aromatic rings. The van der Waals surface area contributed by atoms with Crippen LogP contribution in [0.15, 0.2) is 29.4 Å². The second-order valence-corrected chi connectivity index (χ2v) is 5.86. The van der Waals surface area contributed by atoms with E-state index < -0.39 is 6.10 Å². The number of amides is 2. The molecule has 0 fully saturated rings. The van der Waals surface area contributed by atoms with Gasteiger partial charge in [0, 0.05) is 18.2 Å². The van der Waals surface area contributed by atoms with Gasteiger partial charge in [-0.05, 0) is 31.2 Å². The Morgan fingerprint density at radius 3 is 2.58 bits per heavy atom. The maximum absolute atomic E-state index is 11.2. The fourth-order valence-electron chi connectivity index (χ4n) is 2.16. The summed E-state index contributed by atoms with van der Waals surface area (Å²) in [6.45, 7) is 6.65. The molecule has 0 spiro atoms. The third-order valence-corrected chi connectivity index (χ3v) is 3.39. The SMILES string of the molecule is CC(C)NCC(O)COc1ccc(C2=NNC(=O)NC2C)cc1.Cl. The van der Waals surface area contributed by atoms with Gasteiger partial charge in [-0.1, -0.05) is 13.8 Å². The average Bonchev–Trinajstić information content (AvgIpc) is 2.51. The summed E-state index contributed by atoms with van der Waals surface area (Å²) in [6.07, 6.45) is -0.556. The Balaban J connectivity index is 0.00000288. The van der Waals surface area contributed by atoms with Gasteiger partial charge < -0.3 is 20.5 Å². The Bertz CT molecular complexity index is 563. The predicted molar refractivity (Wildman–Crippen MR) is 96.0 cm³/mol. The van der Waals surface area contributed by atoms with E-state index in [0.29, 0.717) is 18.3 Å². The van der Waals surface area contributed by atoms with Gasteiger partial charge in [-0.15, -0.1) is 12.4 Å². The minimum Gasteiger partial charge on any atom is -0.491 e. The van der Waals surface area contributed by atoms with E-state index in [9.17, 15) is 9.90 Å². The molecule has 2 amide bonds. The average molecular weight is 357 g/mol. The van der Waals surface area contributed by atoms with Crippen molar-refractivity contribution < 1.29 is 14.6 Å². The lowest BCUT2D eigenvalue weighted by Crippen LogP contribution is -2.48. The molecule has 0 aliphatic carbocycles. The van der Waals surface area contributed by atoms with Crippen molar-refractivity contribution >= 4 is 24.1 Å². The van der Waals surface area contributed by atoms with Gasteiger partial charge in [0.15, 0.2) is 0 Å². The van der Waals surface area contributed by atoms with Crippen LogP contribution in [0, 0.1) is 0 Å². The molecule has 1 aromatic carbocycles. The lowest BCUT2D eigenvalue weighted by Gasteiger charge is -2.21. The predicted octanol–water partition coefficient (Wildman–Crippen LogP) is 1.25. The normalized spacial score (nSPS) is 18.1. The summed E-state index contributed by atoms with van der Waals surface area (Å²) in [5.41, 5.74) is 4.07. The number of hydrazone groups is 1. The third-order valence-electron chi connectivity index (χ3n) is 3.39. The van der Waals surface area contributed by atoms with Crippen molar-refractivity contribution in [3.8, 4) is 5.75 Å². The van der Waals surface area contributed by atoms with Gasteiger partial charge in [0.05, 0.1) is 11.8 Å². The molecule has 1 aliphatic heterocycles. The first-order valence-electron chi connectivity index (χ1n) is 7.74. The van der Waals surface area contributed by atoms with Gasteiger partial charge in [-0.2, -0.15) is 5.10 Å². The number of hydrogen-bond donors (Lipinski definition) is 4. The van der Waals surface area contributed by atoms with Crippen molar-refractivity contribution in [2.24, 2.45) is 5.10 Å². The Hall–Kier alpha value is -1.83. The first kappa shape index (κ1) is 20.2. The van der Waals surface area contributed by atoms with Crippen molar-refractivity contribution in [3.05, 3.63) is 29.8 Å². The maximum atomic E-state index is 11.2. The molecule has 2 rings (SSSR count). The molecule has 2 atom stereocenters. The molecule has 8 heteroatoms. The van der Waals surface area contributed by atoms with Crippen molar-refractivity contribution in [2.45, 2.75) is 39.0 Å². The van der Waals surface area contributed by atoms with Crippen LogP contribution in [-0.4, -0.2) is 48.2 Å². The Morgan fingerprint density at radius 2 is 2.00 bits per heavy atom. The Morgan fingerprint density at radius 1 is 1.33 bits per heavy atom. The zero-order chi connectivity index (χ0) is 16.8. The van der Waals surface area contributed by atoms with E-state index in [0.717, 1.165) is 11.3 Å². The van der Waals surface area contributed by atoms with Crippen LogP contribution in [-0.2, 0) is 0 Å². The molecule has 1 heterocycles. The molecule has 2 unspecified atom stereocenters. The van der Waals surface area contributed by atoms with Crippen LogP contribution in [0.1, 0.15) is 26.3 Å². The van der Waals surface area contributed by atoms with Crippen molar-refractivity contribution in [1.82, 2.24) is 16.1 Å². The zero-order valence-electron chi connectivity index (χ0n) is 14.1. The zero-order valence-corrected chi connectivity index (χ0v) is 14.9. The maximum Gasteiger partial charge on any atom is 0.335 e. The van der Waals surface area contributed by atoms with E-state index in [2.05, 4.69) is 21.2 Å². The fraction of sp³-hybridized carbons (Fsp3) is 0.500. The number of nitrogens with zero attached hydrogens (tertiary/aromatic N) is 1. The summed E-state index contributed by atoms with van der Waals surface area (Å²) in [5, 5.41) is 19.8. The number of halogens is 1. The van der Waals surface area contributed by atoms with Gasteiger partial charge in [0.25, 0.3) is 0 Å². The number of carbonyl (C=O) groups excluding carboxylic acids is 1. The largest absolute Gasteiger partial charge is 0.491 e. The van der Waals surface area contributed by atoms with Gasteiger partial charge in [-0.3, -0.25) is 0 Å². The summed E-state index contributed by atoms with van der Waals surface area (Å²) in [4.78, 5) is 11.2. The summed E-state index contributed by atoms with van der Waals surface area (Å²) in [5.74, 6) is 0.679. The molecule has 0 bridgehead atoms. The van der Waals surface area contributed by atoms with E-state index in [1.807, 2.05) is 45.0 Å². The van der Waals surface area contributed by atoms with Crippen LogP contribution in [0.3, 0.4) is 0 Å². The molecule has 0 aromatic heterocycles. The highest BCUT2D eigenvalue weighted by Gasteiger charge is 2.20. The number of nitrogens with one attached hydrogen (secondary N) is 3. The molecule has 0 saturated carbocycles. The second-order valence-electron chi connectivity index (χ2n) is 5.86. The molecule has 4 N–H and O–H groups in total. The van der Waals surface area contributed by atoms with E-state index in [1.165, 1.54) is 0 Å². The smallest absolute Gasteiger partial charge is 0.335 e. The molecular formula is C16H25ClN4O3. The first-order valence-corrected chi connectivity index (χ1v) is 7.74. The minimum atomic E-state index is -0.556. The van der Waals surface area contributed by atoms with Crippen molar-refractivity contribution in [2.75, 3.05) is 13.2 Å². The number of urea groups is 1. The van der Waals surface area contributed by atoms with Crippen molar-refractivity contribution in [3.63, 3.8) is 0 Å². The quantitative estimate of drug-likeness (QED) is 0.591. The highest BCUT2D eigenvalue weighted by Crippen LogP contribution is 2.15. The summed E-state index contributed by atoms with van der Waals surface area (Å²) < 4.78 is 5.57. The van der Waals surface area contributed by atoms with E-state index in [4.69, 9.17) is 4.74 Å². The highest BCUT2D eigenvalue weighted by atomic mass is 35.5.